The third-order valence-electron chi connectivity index (χ3n) is 2.17. The molecular weight excluding hydrogens is 176 g/mol. The summed E-state index contributed by atoms with van der Waals surface area (Å²) in [6.45, 7) is 3.55. The first kappa shape index (κ1) is 10.9. The highest BCUT2D eigenvalue weighted by Crippen LogP contribution is 2.20. The van der Waals surface area contributed by atoms with Gasteiger partial charge in [0.1, 0.15) is 0 Å². The zero-order valence-corrected chi connectivity index (χ0v) is 8.11. The smallest absolute Gasteiger partial charge is 0.0938 e. The fraction of sp³-hybridized carbons (Fsp3) is 0.273. The third kappa shape index (κ3) is 2.20. The van der Waals surface area contributed by atoms with Gasteiger partial charge in [0.25, 0.3) is 0 Å². The maximum atomic E-state index is 9.11. The molecule has 0 aromatic heterocycles. The van der Waals surface area contributed by atoms with Crippen LogP contribution in [0.15, 0.2) is 36.9 Å². The van der Waals surface area contributed by atoms with Gasteiger partial charge < -0.3 is 16.6 Å². The lowest BCUT2D eigenvalue weighted by molar-refractivity contribution is 0.277. The van der Waals surface area contributed by atoms with Crippen molar-refractivity contribution in [2.45, 2.75) is 18.7 Å². The van der Waals surface area contributed by atoms with Crippen LogP contribution in [0.5, 0.6) is 0 Å². The zero-order valence-electron chi connectivity index (χ0n) is 8.11. The van der Waals surface area contributed by atoms with E-state index < -0.39 is 5.66 Å². The predicted octanol–water partition coefficient (Wildman–Crippen LogP) is 0.825. The Bertz CT molecular complexity index is 321. The molecule has 0 amide bonds. The molecule has 0 aliphatic rings. The van der Waals surface area contributed by atoms with Crippen LogP contribution in [0.2, 0.25) is 0 Å². The summed E-state index contributed by atoms with van der Waals surface area (Å²) in [5.41, 5.74) is 12.4. The van der Waals surface area contributed by atoms with E-state index in [-0.39, 0.29) is 6.61 Å². The molecule has 0 bridgehead atoms. The van der Waals surface area contributed by atoms with Crippen molar-refractivity contribution in [3.8, 4) is 0 Å². The standard InChI is InChI=1S/C11H16N2O/c1-2-7-11(12,13)10-6-4-3-5-9(10)8-14/h2-6,14H,1,7-8,12-13H2. The second kappa shape index (κ2) is 4.37. The highest BCUT2D eigenvalue weighted by Gasteiger charge is 2.22. The Morgan fingerprint density at radius 1 is 1.36 bits per heavy atom. The molecule has 0 heterocycles. The fourth-order valence-electron chi connectivity index (χ4n) is 1.46. The van der Waals surface area contributed by atoms with Crippen LogP contribution in [-0.2, 0) is 12.3 Å². The van der Waals surface area contributed by atoms with E-state index in [1.165, 1.54) is 0 Å². The summed E-state index contributed by atoms with van der Waals surface area (Å²) in [6, 6.07) is 7.34. The Morgan fingerprint density at radius 3 is 2.57 bits per heavy atom. The van der Waals surface area contributed by atoms with Crippen molar-refractivity contribution in [1.29, 1.82) is 0 Å². The SMILES string of the molecule is C=CCC(N)(N)c1ccccc1CO. The average molecular weight is 192 g/mol. The Morgan fingerprint density at radius 2 is 2.00 bits per heavy atom. The van der Waals surface area contributed by atoms with Gasteiger partial charge in [-0.2, -0.15) is 0 Å². The normalized spacial score (nSPS) is 11.4. The Kier molecular flexibility index (Phi) is 3.41. The van der Waals surface area contributed by atoms with Crippen LogP contribution in [0, 0.1) is 0 Å². The number of hydrogen-bond acceptors (Lipinski definition) is 3. The molecule has 3 nitrogen and oxygen atoms in total. The molecule has 0 atom stereocenters. The lowest BCUT2D eigenvalue weighted by Crippen LogP contribution is -2.46. The summed E-state index contributed by atoms with van der Waals surface area (Å²) in [6.07, 6.45) is 2.15. The summed E-state index contributed by atoms with van der Waals surface area (Å²) in [5, 5.41) is 9.11. The maximum Gasteiger partial charge on any atom is 0.0938 e. The summed E-state index contributed by atoms with van der Waals surface area (Å²) < 4.78 is 0. The monoisotopic (exact) mass is 192 g/mol. The van der Waals surface area contributed by atoms with Crippen LogP contribution in [-0.4, -0.2) is 5.11 Å². The second-order valence-electron chi connectivity index (χ2n) is 3.35. The van der Waals surface area contributed by atoms with Gasteiger partial charge >= 0.3 is 0 Å². The molecule has 76 valence electrons. The van der Waals surface area contributed by atoms with Gasteiger partial charge in [-0.15, -0.1) is 6.58 Å². The molecule has 0 radical (unpaired) electrons. The summed E-state index contributed by atoms with van der Waals surface area (Å²) in [4.78, 5) is 0. The van der Waals surface area contributed by atoms with Crippen LogP contribution in [0.4, 0.5) is 0 Å². The second-order valence-corrected chi connectivity index (χ2v) is 3.35. The minimum atomic E-state index is -0.943. The summed E-state index contributed by atoms with van der Waals surface area (Å²) in [5.74, 6) is 0. The van der Waals surface area contributed by atoms with E-state index in [0.717, 1.165) is 11.1 Å². The predicted molar refractivity (Wildman–Crippen MR) is 57.2 cm³/mol. The topological polar surface area (TPSA) is 72.3 Å². The van der Waals surface area contributed by atoms with Crippen molar-refractivity contribution in [2.24, 2.45) is 11.5 Å². The van der Waals surface area contributed by atoms with Crippen LogP contribution in [0.3, 0.4) is 0 Å². The van der Waals surface area contributed by atoms with Gasteiger partial charge in [-0.25, -0.2) is 0 Å². The molecule has 0 saturated heterocycles. The highest BCUT2D eigenvalue weighted by molar-refractivity contribution is 5.32. The van der Waals surface area contributed by atoms with Gasteiger partial charge in [-0.1, -0.05) is 30.3 Å². The lowest BCUT2D eigenvalue weighted by atomic mass is 9.93. The summed E-state index contributed by atoms with van der Waals surface area (Å²) in [7, 11) is 0. The van der Waals surface area contributed by atoms with Crippen molar-refractivity contribution >= 4 is 0 Å². The molecule has 1 aromatic rings. The molecule has 0 spiro atoms. The first-order chi connectivity index (χ1) is 6.61. The van der Waals surface area contributed by atoms with Crippen molar-refractivity contribution in [3.05, 3.63) is 48.0 Å². The highest BCUT2D eigenvalue weighted by atomic mass is 16.3. The Hall–Kier alpha value is -1.16. The third-order valence-corrected chi connectivity index (χ3v) is 2.17. The largest absolute Gasteiger partial charge is 0.392 e. The van der Waals surface area contributed by atoms with Crippen molar-refractivity contribution in [1.82, 2.24) is 0 Å². The van der Waals surface area contributed by atoms with Crippen LogP contribution in [0.25, 0.3) is 0 Å². The molecule has 0 fully saturated rings. The molecular formula is C11H16N2O. The molecule has 0 aliphatic heterocycles. The molecule has 0 unspecified atom stereocenters. The van der Waals surface area contributed by atoms with Crippen molar-refractivity contribution in [2.75, 3.05) is 0 Å². The Balaban J connectivity index is 3.09. The van der Waals surface area contributed by atoms with Crippen LogP contribution >= 0.6 is 0 Å². The first-order valence-corrected chi connectivity index (χ1v) is 4.49. The number of aliphatic hydroxyl groups excluding tert-OH is 1. The molecule has 3 heteroatoms. The summed E-state index contributed by atoms with van der Waals surface area (Å²) >= 11 is 0. The van der Waals surface area contributed by atoms with Crippen LogP contribution < -0.4 is 11.5 Å². The van der Waals surface area contributed by atoms with Gasteiger partial charge in [0.05, 0.1) is 12.3 Å². The average Bonchev–Trinajstić information content (AvgIpc) is 2.18. The number of benzene rings is 1. The number of aliphatic hydroxyl groups is 1. The van der Waals surface area contributed by atoms with Gasteiger partial charge in [0, 0.05) is 6.42 Å². The zero-order chi connectivity index (χ0) is 10.6. The molecule has 0 saturated carbocycles. The van der Waals surface area contributed by atoms with E-state index in [0.29, 0.717) is 6.42 Å². The number of hydrogen-bond donors (Lipinski definition) is 3. The maximum absolute atomic E-state index is 9.11. The molecule has 5 N–H and O–H groups in total. The minimum Gasteiger partial charge on any atom is -0.392 e. The van der Waals surface area contributed by atoms with E-state index >= 15 is 0 Å². The van der Waals surface area contributed by atoms with E-state index in [2.05, 4.69) is 6.58 Å². The quantitative estimate of drug-likeness (QED) is 0.488. The van der Waals surface area contributed by atoms with E-state index in [9.17, 15) is 0 Å². The number of nitrogens with two attached hydrogens (primary N) is 2. The minimum absolute atomic E-state index is 0.0521. The molecule has 0 aliphatic carbocycles. The van der Waals surface area contributed by atoms with Crippen LogP contribution in [0.1, 0.15) is 17.5 Å². The van der Waals surface area contributed by atoms with E-state index in [1.54, 1.807) is 6.08 Å². The first-order valence-electron chi connectivity index (χ1n) is 4.49. The molecule has 1 aromatic carbocycles. The van der Waals surface area contributed by atoms with Gasteiger partial charge in [0.2, 0.25) is 0 Å². The lowest BCUT2D eigenvalue weighted by Gasteiger charge is -2.25. The van der Waals surface area contributed by atoms with Crippen molar-refractivity contribution < 1.29 is 5.11 Å². The molecule has 14 heavy (non-hydrogen) atoms. The van der Waals surface area contributed by atoms with E-state index in [4.69, 9.17) is 16.6 Å². The van der Waals surface area contributed by atoms with Gasteiger partial charge in [0.15, 0.2) is 0 Å². The fourth-order valence-corrected chi connectivity index (χ4v) is 1.46. The van der Waals surface area contributed by atoms with E-state index in [1.807, 2.05) is 24.3 Å². The van der Waals surface area contributed by atoms with Gasteiger partial charge in [-0.3, -0.25) is 0 Å². The molecule has 1 rings (SSSR count). The number of rotatable bonds is 4. The Labute approximate surface area is 84.0 Å². The van der Waals surface area contributed by atoms with Crippen molar-refractivity contribution in [3.63, 3.8) is 0 Å². The van der Waals surface area contributed by atoms with Gasteiger partial charge in [-0.05, 0) is 11.1 Å².